The van der Waals surface area contributed by atoms with Crippen molar-refractivity contribution in [2.45, 2.75) is 31.2 Å². The van der Waals surface area contributed by atoms with E-state index in [0.717, 1.165) is 12.1 Å². The summed E-state index contributed by atoms with van der Waals surface area (Å²) in [4.78, 5) is 2.27. The molecule has 114 valence electrons. The first-order valence-electron chi connectivity index (χ1n) is 6.67. The number of nitrogens with two attached hydrogens (primary N) is 1. The van der Waals surface area contributed by atoms with Gasteiger partial charge in [0.25, 0.3) is 0 Å². The minimum absolute atomic E-state index is 0.181. The van der Waals surface area contributed by atoms with Gasteiger partial charge in [0.05, 0.1) is 22.9 Å². The van der Waals surface area contributed by atoms with Crippen molar-refractivity contribution in [2.24, 2.45) is 0 Å². The average molecular weight is 300 g/mol. The molecule has 0 fully saturated rings. The van der Waals surface area contributed by atoms with Gasteiger partial charge in [0.1, 0.15) is 0 Å². The summed E-state index contributed by atoms with van der Waals surface area (Å²) < 4.78 is 28.6. The van der Waals surface area contributed by atoms with Crippen LogP contribution in [-0.4, -0.2) is 41.0 Å². The molecule has 0 spiro atoms. The van der Waals surface area contributed by atoms with Gasteiger partial charge in [0.2, 0.25) is 0 Å². The highest BCUT2D eigenvalue weighted by atomic mass is 32.2. The molecule has 0 saturated carbocycles. The quantitative estimate of drug-likeness (QED) is 0.779. The molecule has 0 bridgehead atoms. The van der Waals surface area contributed by atoms with Gasteiger partial charge in [-0.15, -0.1) is 0 Å². The molecule has 20 heavy (non-hydrogen) atoms. The summed E-state index contributed by atoms with van der Waals surface area (Å²) in [6, 6.07) is 5.37. The van der Waals surface area contributed by atoms with Crippen LogP contribution in [0.5, 0.6) is 0 Å². The molecule has 1 aromatic rings. The molecular formula is C14H24N2O3S. The molecule has 5 nitrogen and oxygen atoms in total. The van der Waals surface area contributed by atoms with E-state index >= 15 is 0 Å². The lowest BCUT2D eigenvalue weighted by Crippen LogP contribution is -2.36. The Bertz CT molecular complexity index is 543. The number of anilines is 2. The summed E-state index contributed by atoms with van der Waals surface area (Å²) >= 11 is 0. The first-order valence-corrected chi connectivity index (χ1v) is 8.56. The van der Waals surface area contributed by atoms with Gasteiger partial charge in [-0.05, 0) is 25.5 Å². The fraction of sp³-hybridized carbons (Fsp3) is 0.571. The molecule has 0 saturated heterocycles. The molecule has 6 heteroatoms. The summed E-state index contributed by atoms with van der Waals surface area (Å²) in [5.41, 5.74) is 7.13. The number of hydrogen-bond acceptors (Lipinski definition) is 5. The van der Waals surface area contributed by atoms with Crippen LogP contribution in [0.1, 0.15) is 20.3 Å². The van der Waals surface area contributed by atoms with Crippen LogP contribution < -0.4 is 10.6 Å². The maximum absolute atomic E-state index is 11.8. The van der Waals surface area contributed by atoms with Crippen molar-refractivity contribution in [3.8, 4) is 0 Å². The van der Waals surface area contributed by atoms with E-state index in [9.17, 15) is 8.42 Å². The van der Waals surface area contributed by atoms with E-state index in [0.29, 0.717) is 18.8 Å². The van der Waals surface area contributed by atoms with Crippen molar-refractivity contribution in [3.63, 3.8) is 0 Å². The number of ether oxygens (including phenoxy) is 1. The van der Waals surface area contributed by atoms with Gasteiger partial charge < -0.3 is 15.4 Å². The Labute approximate surface area is 121 Å². The molecule has 1 aromatic carbocycles. The fourth-order valence-corrected chi connectivity index (χ4v) is 2.92. The predicted octanol–water partition coefficient (Wildman–Crippen LogP) is 1.92. The van der Waals surface area contributed by atoms with Crippen molar-refractivity contribution in [3.05, 3.63) is 18.2 Å². The molecule has 1 rings (SSSR count). The van der Waals surface area contributed by atoms with Crippen LogP contribution in [0.4, 0.5) is 11.4 Å². The van der Waals surface area contributed by atoms with Crippen molar-refractivity contribution < 1.29 is 13.2 Å². The average Bonchev–Trinajstić information content (AvgIpc) is 2.39. The lowest BCUT2D eigenvalue weighted by Gasteiger charge is -2.32. The Balaban J connectivity index is 3.27. The smallest absolute Gasteiger partial charge is 0.177 e. The molecule has 0 aliphatic heterocycles. The maximum Gasteiger partial charge on any atom is 0.177 e. The lowest BCUT2D eigenvalue weighted by molar-refractivity contribution is 0.203. The van der Waals surface area contributed by atoms with Crippen molar-refractivity contribution in [1.82, 2.24) is 0 Å². The second-order valence-electron chi connectivity index (χ2n) is 4.90. The van der Waals surface area contributed by atoms with Gasteiger partial charge in [-0.3, -0.25) is 0 Å². The van der Waals surface area contributed by atoms with Crippen LogP contribution in [0.25, 0.3) is 0 Å². The molecular weight excluding hydrogens is 276 g/mol. The first-order chi connectivity index (χ1) is 9.32. The first kappa shape index (κ1) is 16.8. The van der Waals surface area contributed by atoms with E-state index in [-0.39, 0.29) is 10.9 Å². The monoisotopic (exact) mass is 300 g/mol. The number of rotatable bonds is 7. The Morgan fingerprint density at radius 1 is 1.40 bits per heavy atom. The Kier molecular flexibility index (Phi) is 5.83. The van der Waals surface area contributed by atoms with Gasteiger partial charge in [-0.2, -0.15) is 0 Å². The van der Waals surface area contributed by atoms with Gasteiger partial charge in [0, 0.05) is 26.0 Å². The third-order valence-corrected chi connectivity index (χ3v) is 4.57. The number of nitrogens with zero attached hydrogens (tertiary/aromatic N) is 1. The molecule has 0 aliphatic carbocycles. The summed E-state index contributed by atoms with van der Waals surface area (Å²) in [5, 5.41) is 0. The minimum Gasteiger partial charge on any atom is -0.396 e. The Hall–Kier alpha value is -1.27. The molecule has 0 heterocycles. The predicted molar refractivity (Wildman–Crippen MR) is 82.9 cm³/mol. The van der Waals surface area contributed by atoms with Crippen molar-refractivity contribution in [1.29, 1.82) is 0 Å². The van der Waals surface area contributed by atoms with Gasteiger partial charge >= 0.3 is 0 Å². The van der Waals surface area contributed by atoms with Crippen LogP contribution in [0.15, 0.2) is 23.1 Å². The van der Waals surface area contributed by atoms with E-state index in [2.05, 4.69) is 18.7 Å². The molecule has 1 atom stereocenters. The number of para-hydroxylation sites is 1. The second kappa shape index (κ2) is 6.95. The summed E-state index contributed by atoms with van der Waals surface area (Å²) in [7, 11) is -1.68. The highest BCUT2D eigenvalue weighted by molar-refractivity contribution is 7.90. The van der Waals surface area contributed by atoms with Crippen molar-refractivity contribution in [2.75, 3.05) is 37.2 Å². The third kappa shape index (κ3) is 3.86. The summed E-state index contributed by atoms with van der Waals surface area (Å²) in [6.45, 7) is 5.40. The van der Waals surface area contributed by atoms with E-state index < -0.39 is 9.84 Å². The van der Waals surface area contributed by atoms with Crippen LogP contribution in [0.3, 0.4) is 0 Å². The van der Waals surface area contributed by atoms with Crippen LogP contribution in [-0.2, 0) is 14.6 Å². The van der Waals surface area contributed by atoms with E-state index in [1.165, 1.54) is 6.26 Å². The minimum atomic E-state index is -3.33. The van der Waals surface area contributed by atoms with Gasteiger partial charge in [0.15, 0.2) is 9.84 Å². The van der Waals surface area contributed by atoms with Crippen LogP contribution >= 0.6 is 0 Å². The maximum atomic E-state index is 11.8. The zero-order chi connectivity index (χ0) is 15.3. The second-order valence-corrected chi connectivity index (χ2v) is 6.89. The largest absolute Gasteiger partial charge is 0.396 e. The molecule has 1 unspecified atom stereocenters. The van der Waals surface area contributed by atoms with Crippen molar-refractivity contribution >= 4 is 21.2 Å². The highest BCUT2D eigenvalue weighted by Crippen LogP contribution is 2.31. The Morgan fingerprint density at radius 2 is 2.05 bits per heavy atom. The molecule has 0 aromatic heterocycles. The normalized spacial score (nSPS) is 13.2. The van der Waals surface area contributed by atoms with E-state index in [1.54, 1.807) is 19.2 Å². The zero-order valence-electron chi connectivity index (χ0n) is 12.6. The zero-order valence-corrected chi connectivity index (χ0v) is 13.4. The topological polar surface area (TPSA) is 72.6 Å². The number of methoxy groups -OCH3 is 1. The molecule has 2 N–H and O–H groups in total. The Morgan fingerprint density at radius 3 is 2.55 bits per heavy atom. The SMILES string of the molecule is CCC(C)N(CCOC)c1cccc(S(C)(=O)=O)c1N. The number of hydrogen-bond donors (Lipinski definition) is 1. The van der Waals surface area contributed by atoms with Crippen LogP contribution in [0.2, 0.25) is 0 Å². The highest BCUT2D eigenvalue weighted by Gasteiger charge is 2.20. The number of benzene rings is 1. The standard InChI is InChI=1S/C14H24N2O3S/c1-5-11(2)16(9-10-19-3)12-7-6-8-13(14(12)15)20(4,17)18/h6-8,11H,5,9-10,15H2,1-4H3. The molecule has 0 aliphatic rings. The van der Waals surface area contributed by atoms with E-state index in [1.807, 2.05) is 6.07 Å². The molecule has 0 amide bonds. The number of nitrogen functional groups attached to an aromatic ring is 1. The van der Waals surface area contributed by atoms with Gasteiger partial charge in [-0.25, -0.2) is 8.42 Å². The third-order valence-electron chi connectivity index (χ3n) is 3.41. The van der Waals surface area contributed by atoms with E-state index in [4.69, 9.17) is 10.5 Å². The summed E-state index contributed by atoms with van der Waals surface area (Å²) in [5.74, 6) is 0. The van der Waals surface area contributed by atoms with Gasteiger partial charge in [-0.1, -0.05) is 13.0 Å². The van der Waals surface area contributed by atoms with Crippen LogP contribution in [0, 0.1) is 0 Å². The fourth-order valence-electron chi connectivity index (χ4n) is 2.09. The molecule has 0 radical (unpaired) electrons. The summed E-state index contributed by atoms with van der Waals surface area (Å²) in [6.07, 6.45) is 2.11. The number of sulfone groups is 1. The lowest BCUT2D eigenvalue weighted by atomic mass is 10.1.